The summed E-state index contributed by atoms with van der Waals surface area (Å²) in [6.07, 6.45) is 11.4. The zero-order valence-corrected chi connectivity index (χ0v) is 14.9. The van der Waals surface area contributed by atoms with E-state index in [4.69, 9.17) is 9.47 Å². The maximum absolute atomic E-state index is 12.4. The second-order valence-electron chi connectivity index (χ2n) is 7.92. The third-order valence-corrected chi connectivity index (χ3v) is 5.93. The lowest BCUT2D eigenvalue weighted by atomic mass is 9.84. The molecule has 1 amide bonds. The number of nitrogens with zero attached hydrogens (tertiary/aromatic N) is 2. The number of carbonyl (C=O) groups is 1. The topological polar surface area (TPSA) is 51.7 Å². The molecule has 1 unspecified atom stereocenters. The predicted molar refractivity (Wildman–Crippen MR) is 93.9 cm³/mol. The molecule has 5 heteroatoms. The first-order valence-electron chi connectivity index (χ1n) is 9.65. The lowest BCUT2D eigenvalue weighted by molar-refractivity contribution is -0.203. The molecule has 5 nitrogen and oxygen atoms in total. The van der Waals surface area contributed by atoms with Gasteiger partial charge in [-0.25, -0.2) is 0 Å². The van der Waals surface area contributed by atoms with Gasteiger partial charge in [0.15, 0.2) is 0 Å². The zero-order valence-electron chi connectivity index (χ0n) is 14.9. The molecule has 2 aliphatic heterocycles. The van der Waals surface area contributed by atoms with Crippen molar-refractivity contribution in [3.05, 3.63) is 30.1 Å². The average Bonchev–Trinajstić information content (AvgIpc) is 3.12. The fourth-order valence-electron chi connectivity index (χ4n) is 4.45. The number of amides is 1. The molecule has 1 spiro atoms. The average molecular weight is 344 g/mol. The highest BCUT2D eigenvalue weighted by Crippen LogP contribution is 2.37. The summed E-state index contributed by atoms with van der Waals surface area (Å²) in [5, 5.41) is 0. The van der Waals surface area contributed by atoms with Gasteiger partial charge >= 0.3 is 0 Å². The minimum Gasteiger partial charge on any atom is -0.373 e. The number of ether oxygens (including phenoxy) is 2. The molecule has 1 aromatic heterocycles. The number of hydrogen-bond donors (Lipinski definition) is 0. The highest BCUT2D eigenvalue weighted by Gasteiger charge is 2.49. The fraction of sp³-hybridized carbons (Fsp3) is 0.700. The molecule has 0 radical (unpaired) electrons. The predicted octanol–water partition coefficient (Wildman–Crippen LogP) is 2.94. The molecule has 1 atom stereocenters. The first-order chi connectivity index (χ1) is 12.2. The highest BCUT2D eigenvalue weighted by molar-refractivity contribution is 5.77. The third-order valence-electron chi connectivity index (χ3n) is 5.93. The van der Waals surface area contributed by atoms with Gasteiger partial charge in [0, 0.05) is 31.8 Å². The molecular formula is C20H28N2O3. The number of carbonyl (C=O) groups excluding carboxylic acids is 1. The molecule has 1 aromatic rings. The van der Waals surface area contributed by atoms with Gasteiger partial charge in [0.1, 0.15) is 5.60 Å². The van der Waals surface area contributed by atoms with Crippen LogP contribution < -0.4 is 0 Å². The number of hydrogen-bond acceptors (Lipinski definition) is 4. The smallest absolute Gasteiger partial charge is 0.223 e. The largest absolute Gasteiger partial charge is 0.373 e. The van der Waals surface area contributed by atoms with Crippen LogP contribution in [-0.4, -0.2) is 47.2 Å². The molecule has 1 aliphatic carbocycles. The van der Waals surface area contributed by atoms with Gasteiger partial charge in [0.2, 0.25) is 5.91 Å². The standard InChI is InChI=1S/C20H28N2O3/c23-19(11-16-3-1-2-4-16)22-14-20(15-22)12-18(7-10-25-20)24-13-17-5-8-21-9-6-17/h5-6,8-9,16,18H,1-4,7,10-15H2. The van der Waals surface area contributed by atoms with Crippen molar-refractivity contribution in [2.75, 3.05) is 19.7 Å². The zero-order chi connectivity index (χ0) is 17.1. The van der Waals surface area contributed by atoms with E-state index >= 15 is 0 Å². The lowest BCUT2D eigenvalue weighted by Crippen LogP contribution is -2.67. The van der Waals surface area contributed by atoms with Gasteiger partial charge in [-0.2, -0.15) is 0 Å². The summed E-state index contributed by atoms with van der Waals surface area (Å²) in [5.41, 5.74) is 0.990. The van der Waals surface area contributed by atoms with Crippen LogP contribution in [0.3, 0.4) is 0 Å². The molecule has 136 valence electrons. The maximum Gasteiger partial charge on any atom is 0.223 e. The Kier molecular flexibility index (Phi) is 5.04. The minimum atomic E-state index is -0.160. The number of pyridine rings is 1. The van der Waals surface area contributed by atoms with Gasteiger partial charge in [0.25, 0.3) is 0 Å². The first kappa shape index (κ1) is 17.0. The van der Waals surface area contributed by atoms with Crippen LogP contribution in [0, 0.1) is 5.92 Å². The van der Waals surface area contributed by atoms with E-state index in [9.17, 15) is 4.79 Å². The van der Waals surface area contributed by atoms with Crippen molar-refractivity contribution in [1.29, 1.82) is 0 Å². The van der Waals surface area contributed by atoms with E-state index in [-0.39, 0.29) is 11.7 Å². The summed E-state index contributed by atoms with van der Waals surface area (Å²) in [6.45, 7) is 2.83. The molecule has 0 N–H and O–H groups in total. The van der Waals surface area contributed by atoms with Crippen LogP contribution in [-0.2, 0) is 20.9 Å². The van der Waals surface area contributed by atoms with E-state index in [1.807, 2.05) is 17.0 Å². The maximum atomic E-state index is 12.4. The Morgan fingerprint density at radius 1 is 1.24 bits per heavy atom. The SMILES string of the molecule is O=C(CC1CCCC1)N1CC2(CC(OCc3ccncc3)CCO2)C1. The third kappa shape index (κ3) is 4.04. The van der Waals surface area contributed by atoms with Crippen molar-refractivity contribution in [3.63, 3.8) is 0 Å². The van der Waals surface area contributed by atoms with Crippen molar-refractivity contribution in [1.82, 2.24) is 9.88 Å². The lowest BCUT2D eigenvalue weighted by Gasteiger charge is -2.53. The second kappa shape index (κ2) is 7.42. The molecule has 3 aliphatic rings. The van der Waals surface area contributed by atoms with E-state index in [1.54, 1.807) is 12.4 Å². The van der Waals surface area contributed by atoms with E-state index in [0.717, 1.165) is 44.5 Å². The first-order valence-corrected chi connectivity index (χ1v) is 9.65. The van der Waals surface area contributed by atoms with Gasteiger partial charge in [-0.1, -0.05) is 12.8 Å². The van der Waals surface area contributed by atoms with Crippen molar-refractivity contribution in [2.45, 2.75) is 63.3 Å². The normalized spacial score (nSPS) is 25.9. The molecule has 3 fully saturated rings. The van der Waals surface area contributed by atoms with E-state index in [1.165, 1.54) is 25.7 Å². The van der Waals surface area contributed by atoms with Gasteiger partial charge in [-0.15, -0.1) is 0 Å². The van der Waals surface area contributed by atoms with E-state index in [2.05, 4.69) is 4.98 Å². The summed E-state index contributed by atoms with van der Waals surface area (Å²) in [6, 6.07) is 3.98. The Hall–Kier alpha value is -1.46. The quantitative estimate of drug-likeness (QED) is 0.824. The summed E-state index contributed by atoms with van der Waals surface area (Å²) < 4.78 is 12.1. The highest BCUT2D eigenvalue weighted by atomic mass is 16.5. The number of likely N-dealkylation sites (tertiary alicyclic amines) is 1. The molecule has 3 heterocycles. The van der Waals surface area contributed by atoms with Gasteiger partial charge < -0.3 is 14.4 Å². The fourth-order valence-corrected chi connectivity index (χ4v) is 4.45. The van der Waals surface area contributed by atoms with Crippen LogP contribution >= 0.6 is 0 Å². The van der Waals surface area contributed by atoms with Crippen LogP contribution in [0.15, 0.2) is 24.5 Å². The van der Waals surface area contributed by atoms with Crippen molar-refractivity contribution in [3.8, 4) is 0 Å². The van der Waals surface area contributed by atoms with Crippen molar-refractivity contribution >= 4 is 5.91 Å². The minimum absolute atomic E-state index is 0.160. The van der Waals surface area contributed by atoms with Crippen LogP contribution in [0.4, 0.5) is 0 Å². The monoisotopic (exact) mass is 344 g/mol. The van der Waals surface area contributed by atoms with Crippen molar-refractivity contribution < 1.29 is 14.3 Å². The van der Waals surface area contributed by atoms with E-state index in [0.29, 0.717) is 18.4 Å². The number of aromatic nitrogens is 1. The van der Waals surface area contributed by atoms with Gasteiger partial charge in [-0.05, 0) is 42.9 Å². The Labute approximate surface area is 149 Å². The van der Waals surface area contributed by atoms with Crippen LogP contribution in [0.2, 0.25) is 0 Å². The van der Waals surface area contributed by atoms with E-state index < -0.39 is 0 Å². The Bertz CT molecular complexity index is 580. The Morgan fingerprint density at radius 2 is 2.00 bits per heavy atom. The number of rotatable bonds is 5. The summed E-state index contributed by atoms with van der Waals surface area (Å²) in [5.74, 6) is 0.939. The Balaban J connectivity index is 1.24. The summed E-state index contributed by atoms with van der Waals surface area (Å²) >= 11 is 0. The van der Waals surface area contributed by atoms with Crippen molar-refractivity contribution in [2.24, 2.45) is 5.92 Å². The second-order valence-corrected chi connectivity index (χ2v) is 7.92. The molecule has 2 saturated heterocycles. The van der Waals surface area contributed by atoms with Crippen LogP contribution in [0.5, 0.6) is 0 Å². The molecular weight excluding hydrogens is 316 g/mol. The summed E-state index contributed by atoms with van der Waals surface area (Å²) in [4.78, 5) is 18.5. The Morgan fingerprint density at radius 3 is 2.76 bits per heavy atom. The molecule has 25 heavy (non-hydrogen) atoms. The van der Waals surface area contributed by atoms with Crippen LogP contribution in [0.25, 0.3) is 0 Å². The van der Waals surface area contributed by atoms with Gasteiger partial charge in [-0.3, -0.25) is 9.78 Å². The molecule has 0 aromatic carbocycles. The summed E-state index contributed by atoms with van der Waals surface area (Å²) in [7, 11) is 0. The molecule has 4 rings (SSSR count). The molecule has 0 bridgehead atoms. The van der Waals surface area contributed by atoms with Gasteiger partial charge in [0.05, 0.1) is 25.8 Å². The van der Waals surface area contributed by atoms with Crippen LogP contribution in [0.1, 0.15) is 50.5 Å². The molecule has 1 saturated carbocycles.